The maximum Gasteiger partial charge on any atom is 0.314 e. The smallest absolute Gasteiger partial charge is 0.314 e. The van der Waals surface area contributed by atoms with Crippen LogP contribution in [0.3, 0.4) is 0 Å². The predicted molar refractivity (Wildman–Crippen MR) is 62.4 cm³/mol. The van der Waals surface area contributed by atoms with Gasteiger partial charge >= 0.3 is 11.9 Å². The first-order chi connectivity index (χ1) is 7.79. The third-order valence-electron chi connectivity index (χ3n) is 2.79. The van der Waals surface area contributed by atoms with Gasteiger partial charge in [-0.1, -0.05) is 0 Å². The predicted octanol–water partition coefficient (Wildman–Crippen LogP) is 0.871. The van der Waals surface area contributed by atoms with Gasteiger partial charge in [-0.05, 0) is 33.7 Å². The van der Waals surface area contributed by atoms with E-state index in [1.54, 1.807) is 0 Å². The molecule has 0 saturated carbocycles. The van der Waals surface area contributed by atoms with Crippen molar-refractivity contribution in [2.75, 3.05) is 20.2 Å². The highest BCUT2D eigenvalue weighted by atomic mass is 16.6. The molecular formula is C12H21NO4. The Morgan fingerprint density at radius 1 is 1.35 bits per heavy atom. The van der Waals surface area contributed by atoms with E-state index in [1.807, 2.05) is 20.8 Å². The van der Waals surface area contributed by atoms with E-state index in [2.05, 4.69) is 10.1 Å². The molecule has 0 aromatic carbocycles. The van der Waals surface area contributed by atoms with E-state index in [1.165, 1.54) is 7.11 Å². The third-order valence-corrected chi connectivity index (χ3v) is 2.79. The Bertz CT molecular complexity index is 300. The summed E-state index contributed by atoms with van der Waals surface area (Å²) in [5.74, 6) is -0.694. The first-order valence-corrected chi connectivity index (χ1v) is 5.80. The zero-order valence-corrected chi connectivity index (χ0v) is 11.0. The standard InChI is InChI=1S/C12H21NO4/c1-11(2,3)17-10(15)12(5-6-13-8-12)7-9(14)16-4/h13H,5-8H2,1-4H3. The van der Waals surface area contributed by atoms with E-state index in [0.29, 0.717) is 13.0 Å². The quantitative estimate of drug-likeness (QED) is 0.745. The molecule has 0 aromatic rings. The molecule has 1 unspecified atom stereocenters. The number of carbonyl (C=O) groups is 2. The molecule has 5 nitrogen and oxygen atoms in total. The fourth-order valence-corrected chi connectivity index (χ4v) is 1.88. The van der Waals surface area contributed by atoms with Crippen LogP contribution in [0, 0.1) is 5.41 Å². The van der Waals surface area contributed by atoms with E-state index in [9.17, 15) is 9.59 Å². The highest BCUT2D eigenvalue weighted by Gasteiger charge is 2.46. The number of esters is 2. The topological polar surface area (TPSA) is 64.6 Å². The Morgan fingerprint density at radius 3 is 2.41 bits per heavy atom. The summed E-state index contributed by atoms with van der Waals surface area (Å²) in [6.45, 7) is 6.64. The SMILES string of the molecule is COC(=O)CC1(C(=O)OC(C)(C)C)CCNC1. The summed E-state index contributed by atoms with van der Waals surface area (Å²) in [5, 5.41) is 3.10. The highest BCUT2D eigenvalue weighted by Crippen LogP contribution is 2.33. The Morgan fingerprint density at radius 2 is 2.00 bits per heavy atom. The first kappa shape index (κ1) is 14.0. The van der Waals surface area contributed by atoms with Crippen molar-refractivity contribution in [3.05, 3.63) is 0 Å². The summed E-state index contributed by atoms with van der Waals surface area (Å²) in [6.07, 6.45) is 0.683. The first-order valence-electron chi connectivity index (χ1n) is 5.80. The molecular weight excluding hydrogens is 222 g/mol. The number of hydrogen-bond donors (Lipinski definition) is 1. The number of ether oxygens (including phenoxy) is 2. The summed E-state index contributed by atoms with van der Waals surface area (Å²) in [7, 11) is 1.33. The summed E-state index contributed by atoms with van der Waals surface area (Å²) in [6, 6.07) is 0. The minimum absolute atomic E-state index is 0.0748. The van der Waals surface area contributed by atoms with Crippen molar-refractivity contribution in [3.63, 3.8) is 0 Å². The summed E-state index contributed by atoms with van der Waals surface area (Å²) >= 11 is 0. The van der Waals surface area contributed by atoms with Crippen LogP contribution in [-0.4, -0.2) is 37.7 Å². The second kappa shape index (κ2) is 5.04. The molecule has 17 heavy (non-hydrogen) atoms. The molecule has 1 saturated heterocycles. The molecule has 1 aliphatic rings. The van der Waals surface area contributed by atoms with Gasteiger partial charge in [0.05, 0.1) is 18.9 Å². The van der Waals surface area contributed by atoms with E-state index in [4.69, 9.17) is 4.74 Å². The van der Waals surface area contributed by atoms with Gasteiger partial charge in [0.1, 0.15) is 5.60 Å². The highest BCUT2D eigenvalue weighted by molar-refractivity contribution is 5.84. The molecule has 98 valence electrons. The number of hydrogen-bond acceptors (Lipinski definition) is 5. The van der Waals surface area contributed by atoms with Gasteiger partial charge in [-0.25, -0.2) is 0 Å². The molecule has 0 spiro atoms. The summed E-state index contributed by atoms with van der Waals surface area (Å²) < 4.78 is 10.0. The molecule has 0 radical (unpaired) electrons. The van der Waals surface area contributed by atoms with Crippen LogP contribution >= 0.6 is 0 Å². The molecule has 1 N–H and O–H groups in total. The molecule has 1 fully saturated rings. The van der Waals surface area contributed by atoms with Crippen LogP contribution < -0.4 is 5.32 Å². The van der Waals surface area contributed by atoms with Crippen molar-refractivity contribution in [1.82, 2.24) is 5.32 Å². The van der Waals surface area contributed by atoms with Crippen molar-refractivity contribution < 1.29 is 19.1 Å². The van der Waals surface area contributed by atoms with Crippen LogP contribution in [-0.2, 0) is 19.1 Å². The van der Waals surface area contributed by atoms with Gasteiger partial charge in [0.25, 0.3) is 0 Å². The van der Waals surface area contributed by atoms with Crippen molar-refractivity contribution in [3.8, 4) is 0 Å². The number of carbonyl (C=O) groups excluding carboxylic acids is 2. The van der Waals surface area contributed by atoms with Gasteiger partial charge in [0.2, 0.25) is 0 Å². The molecule has 1 atom stereocenters. The lowest BCUT2D eigenvalue weighted by Gasteiger charge is -2.29. The summed E-state index contributed by atoms with van der Waals surface area (Å²) in [5.41, 5.74) is -1.30. The van der Waals surface area contributed by atoms with Gasteiger partial charge in [0.15, 0.2) is 0 Å². The molecule has 0 aromatic heterocycles. The molecule has 1 heterocycles. The molecule has 0 bridgehead atoms. The fraction of sp³-hybridized carbons (Fsp3) is 0.833. The van der Waals surface area contributed by atoms with Crippen LogP contribution in [0.4, 0.5) is 0 Å². The van der Waals surface area contributed by atoms with Crippen LogP contribution in [0.15, 0.2) is 0 Å². The number of rotatable bonds is 3. The Kier molecular flexibility index (Phi) is 4.14. The van der Waals surface area contributed by atoms with Gasteiger partial charge < -0.3 is 14.8 Å². The number of methoxy groups -OCH3 is 1. The van der Waals surface area contributed by atoms with Crippen molar-refractivity contribution in [1.29, 1.82) is 0 Å². The lowest BCUT2D eigenvalue weighted by atomic mass is 9.83. The maximum atomic E-state index is 12.2. The lowest BCUT2D eigenvalue weighted by Crippen LogP contribution is -2.41. The minimum Gasteiger partial charge on any atom is -0.469 e. The van der Waals surface area contributed by atoms with Crippen LogP contribution in [0.1, 0.15) is 33.6 Å². The van der Waals surface area contributed by atoms with Crippen molar-refractivity contribution in [2.24, 2.45) is 5.41 Å². The largest absolute Gasteiger partial charge is 0.469 e. The second-order valence-electron chi connectivity index (χ2n) is 5.46. The van der Waals surface area contributed by atoms with Gasteiger partial charge in [-0.3, -0.25) is 9.59 Å². The van der Waals surface area contributed by atoms with Crippen molar-refractivity contribution >= 4 is 11.9 Å². The van der Waals surface area contributed by atoms with E-state index < -0.39 is 11.0 Å². The van der Waals surface area contributed by atoms with Gasteiger partial charge in [-0.15, -0.1) is 0 Å². The average molecular weight is 243 g/mol. The summed E-state index contributed by atoms with van der Waals surface area (Å²) in [4.78, 5) is 23.5. The van der Waals surface area contributed by atoms with E-state index in [-0.39, 0.29) is 18.4 Å². The molecule has 1 rings (SSSR count). The molecule has 1 aliphatic heterocycles. The van der Waals surface area contributed by atoms with Crippen molar-refractivity contribution in [2.45, 2.75) is 39.2 Å². The van der Waals surface area contributed by atoms with E-state index in [0.717, 1.165) is 6.54 Å². The molecule has 5 heteroatoms. The Balaban J connectivity index is 2.77. The minimum atomic E-state index is -0.764. The fourth-order valence-electron chi connectivity index (χ4n) is 1.88. The Labute approximate surface area is 102 Å². The normalized spacial score (nSPS) is 24.5. The zero-order chi connectivity index (χ0) is 13.1. The molecule has 0 aliphatic carbocycles. The Hall–Kier alpha value is -1.10. The van der Waals surface area contributed by atoms with Crippen LogP contribution in [0.5, 0.6) is 0 Å². The monoisotopic (exact) mass is 243 g/mol. The second-order valence-corrected chi connectivity index (χ2v) is 5.46. The van der Waals surface area contributed by atoms with Crippen LogP contribution in [0.2, 0.25) is 0 Å². The third kappa shape index (κ3) is 3.70. The molecule has 0 amide bonds. The van der Waals surface area contributed by atoms with Gasteiger partial charge in [0, 0.05) is 6.54 Å². The number of nitrogens with one attached hydrogen (secondary N) is 1. The van der Waals surface area contributed by atoms with E-state index >= 15 is 0 Å². The maximum absolute atomic E-state index is 12.2. The zero-order valence-electron chi connectivity index (χ0n) is 11.0. The van der Waals surface area contributed by atoms with Gasteiger partial charge in [-0.2, -0.15) is 0 Å². The lowest BCUT2D eigenvalue weighted by molar-refractivity contribution is -0.170. The van der Waals surface area contributed by atoms with Crippen LogP contribution in [0.25, 0.3) is 0 Å². The average Bonchev–Trinajstić information content (AvgIpc) is 2.65.